The maximum Gasteiger partial charge on any atom is 0.242 e. The van der Waals surface area contributed by atoms with Gasteiger partial charge in [-0.25, -0.2) is 17.7 Å². The summed E-state index contributed by atoms with van der Waals surface area (Å²) in [5, 5.41) is 0. The molecule has 0 amide bonds. The highest BCUT2D eigenvalue weighted by Crippen LogP contribution is 2.20. The number of sulfonamides is 1. The van der Waals surface area contributed by atoms with Gasteiger partial charge in [-0.05, 0) is 24.6 Å². The molecule has 1 aromatic heterocycles. The van der Waals surface area contributed by atoms with Crippen LogP contribution in [-0.2, 0) is 10.0 Å². The SMILES string of the molecule is Cc1ncc(-c2ccc(S(=O)(=O)N(C)C)cc2)[nH]1. The lowest BCUT2D eigenvalue weighted by molar-refractivity contribution is 0.521. The molecule has 1 N–H and O–H groups in total. The summed E-state index contributed by atoms with van der Waals surface area (Å²) in [5.74, 6) is 0.829. The average molecular weight is 265 g/mol. The third kappa shape index (κ3) is 2.30. The smallest absolute Gasteiger partial charge is 0.242 e. The van der Waals surface area contributed by atoms with E-state index in [1.165, 1.54) is 18.4 Å². The molecule has 0 aliphatic heterocycles. The van der Waals surface area contributed by atoms with E-state index in [0.29, 0.717) is 0 Å². The summed E-state index contributed by atoms with van der Waals surface area (Å²) in [6.45, 7) is 1.87. The van der Waals surface area contributed by atoms with Crippen molar-refractivity contribution in [2.45, 2.75) is 11.8 Å². The molecule has 0 radical (unpaired) electrons. The quantitative estimate of drug-likeness (QED) is 0.917. The van der Waals surface area contributed by atoms with E-state index >= 15 is 0 Å². The van der Waals surface area contributed by atoms with Gasteiger partial charge >= 0.3 is 0 Å². The lowest BCUT2D eigenvalue weighted by atomic mass is 10.2. The van der Waals surface area contributed by atoms with Crippen LogP contribution in [0.2, 0.25) is 0 Å². The van der Waals surface area contributed by atoms with Crippen LogP contribution in [0.4, 0.5) is 0 Å². The van der Waals surface area contributed by atoms with Crippen LogP contribution in [0.1, 0.15) is 5.82 Å². The zero-order valence-electron chi connectivity index (χ0n) is 10.5. The molecule has 1 heterocycles. The van der Waals surface area contributed by atoms with E-state index in [0.717, 1.165) is 17.1 Å². The second-order valence-electron chi connectivity index (χ2n) is 4.19. The van der Waals surface area contributed by atoms with Crippen molar-refractivity contribution in [1.29, 1.82) is 0 Å². The Morgan fingerprint density at radius 1 is 1.17 bits per heavy atom. The molecular weight excluding hydrogens is 250 g/mol. The molecule has 0 atom stereocenters. The number of H-pyrrole nitrogens is 1. The van der Waals surface area contributed by atoms with Gasteiger partial charge in [0.15, 0.2) is 0 Å². The van der Waals surface area contributed by atoms with Crippen molar-refractivity contribution in [1.82, 2.24) is 14.3 Å². The molecule has 6 heteroatoms. The van der Waals surface area contributed by atoms with Crippen LogP contribution in [0.5, 0.6) is 0 Å². The van der Waals surface area contributed by atoms with Crippen LogP contribution in [-0.4, -0.2) is 36.8 Å². The summed E-state index contributed by atoms with van der Waals surface area (Å²) in [6, 6.07) is 6.73. The number of aromatic nitrogens is 2. The summed E-state index contributed by atoms with van der Waals surface area (Å²) in [4.78, 5) is 7.50. The number of nitrogens with zero attached hydrogens (tertiary/aromatic N) is 2. The third-order valence-corrected chi connectivity index (χ3v) is 4.48. The van der Waals surface area contributed by atoms with Gasteiger partial charge in [0.25, 0.3) is 0 Å². The minimum Gasteiger partial charge on any atom is -0.342 e. The van der Waals surface area contributed by atoms with E-state index < -0.39 is 10.0 Å². The molecule has 0 fully saturated rings. The summed E-state index contributed by atoms with van der Waals surface area (Å²) < 4.78 is 25.0. The number of imidazole rings is 1. The standard InChI is InChI=1S/C12H15N3O2S/c1-9-13-8-12(14-9)10-4-6-11(7-5-10)18(16,17)15(2)3/h4-8H,1-3H3,(H,13,14). The zero-order valence-corrected chi connectivity index (χ0v) is 11.3. The van der Waals surface area contributed by atoms with Crippen molar-refractivity contribution in [2.75, 3.05) is 14.1 Å². The van der Waals surface area contributed by atoms with Crippen LogP contribution < -0.4 is 0 Å². The number of aryl methyl sites for hydroxylation is 1. The van der Waals surface area contributed by atoms with E-state index in [9.17, 15) is 8.42 Å². The molecular formula is C12H15N3O2S. The van der Waals surface area contributed by atoms with Crippen molar-refractivity contribution in [3.8, 4) is 11.3 Å². The van der Waals surface area contributed by atoms with E-state index in [1.807, 2.05) is 6.92 Å². The van der Waals surface area contributed by atoms with Crippen molar-refractivity contribution in [3.05, 3.63) is 36.3 Å². The van der Waals surface area contributed by atoms with Gasteiger partial charge in [-0.3, -0.25) is 0 Å². The second kappa shape index (κ2) is 4.55. The number of hydrogen-bond donors (Lipinski definition) is 1. The van der Waals surface area contributed by atoms with Crippen LogP contribution in [0, 0.1) is 6.92 Å². The Morgan fingerprint density at radius 2 is 1.78 bits per heavy atom. The maximum absolute atomic E-state index is 11.9. The molecule has 2 aromatic rings. The molecule has 0 saturated heterocycles. The molecule has 0 spiro atoms. The van der Waals surface area contributed by atoms with Gasteiger partial charge in [-0.15, -0.1) is 0 Å². The normalized spacial score (nSPS) is 12.0. The van der Waals surface area contributed by atoms with Gasteiger partial charge in [-0.2, -0.15) is 0 Å². The number of aromatic amines is 1. The fourth-order valence-corrected chi connectivity index (χ4v) is 2.49. The molecule has 1 aromatic carbocycles. The molecule has 2 rings (SSSR count). The van der Waals surface area contributed by atoms with Crippen LogP contribution >= 0.6 is 0 Å². The first kappa shape index (κ1) is 12.8. The van der Waals surface area contributed by atoms with E-state index in [4.69, 9.17) is 0 Å². The predicted octanol–water partition coefficient (Wildman–Crippen LogP) is 1.64. The van der Waals surface area contributed by atoms with Crippen molar-refractivity contribution in [2.24, 2.45) is 0 Å². The number of nitrogens with one attached hydrogen (secondary N) is 1. The highest BCUT2D eigenvalue weighted by Gasteiger charge is 2.16. The molecule has 5 nitrogen and oxygen atoms in total. The Labute approximate surface area is 107 Å². The zero-order chi connectivity index (χ0) is 13.3. The highest BCUT2D eigenvalue weighted by molar-refractivity contribution is 7.89. The van der Waals surface area contributed by atoms with Gasteiger partial charge in [0.1, 0.15) is 5.82 Å². The second-order valence-corrected chi connectivity index (χ2v) is 6.35. The number of benzene rings is 1. The topological polar surface area (TPSA) is 66.1 Å². The largest absolute Gasteiger partial charge is 0.342 e. The molecule has 0 bridgehead atoms. The fraction of sp³-hybridized carbons (Fsp3) is 0.250. The summed E-state index contributed by atoms with van der Waals surface area (Å²) in [5.41, 5.74) is 1.79. The van der Waals surface area contributed by atoms with Gasteiger partial charge in [0.2, 0.25) is 10.0 Å². The monoisotopic (exact) mass is 265 g/mol. The van der Waals surface area contributed by atoms with E-state index in [-0.39, 0.29) is 4.90 Å². The molecule has 0 aliphatic carbocycles. The van der Waals surface area contributed by atoms with Gasteiger partial charge in [0, 0.05) is 14.1 Å². The van der Waals surface area contributed by atoms with Crippen molar-refractivity contribution < 1.29 is 8.42 Å². The first-order chi connectivity index (χ1) is 8.41. The Kier molecular flexibility index (Phi) is 3.23. The van der Waals surface area contributed by atoms with Crippen LogP contribution in [0.25, 0.3) is 11.3 Å². The van der Waals surface area contributed by atoms with Crippen molar-refractivity contribution in [3.63, 3.8) is 0 Å². The van der Waals surface area contributed by atoms with Crippen molar-refractivity contribution >= 4 is 10.0 Å². The Bertz CT molecular complexity index is 642. The van der Waals surface area contributed by atoms with Gasteiger partial charge < -0.3 is 4.98 Å². The average Bonchev–Trinajstić information content (AvgIpc) is 2.76. The van der Waals surface area contributed by atoms with E-state index in [1.54, 1.807) is 30.5 Å². The molecule has 0 aliphatic rings. The lowest BCUT2D eigenvalue weighted by Crippen LogP contribution is -2.22. The third-order valence-electron chi connectivity index (χ3n) is 2.65. The van der Waals surface area contributed by atoms with E-state index in [2.05, 4.69) is 9.97 Å². The number of rotatable bonds is 3. The Hall–Kier alpha value is -1.66. The minimum atomic E-state index is -3.36. The van der Waals surface area contributed by atoms with Crippen LogP contribution in [0.15, 0.2) is 35.4 Å². The molecule has 96 valence electrons. The summed E-state index contributed by atoms with van der Waals surface area (Å²) >= 11 is 0. The minimum absolute atomic E-state index is 0.285. The highest BCUT2D eigenvalue weighted by atomic mass is 32.2. The Balaban J connectivity index is 2.37. The number of hydrogen-bond acceptors (Lipinski definition) is 3. The summed E-state index contributed by atoms with van der Waals surface area (Å²) in [6.07, 6.45) is 1.73. The first-order valence-electron chi connectivity index (χ1n) is 5.46. The lowest BCUT2D eigenvalue weighted by Gasteiger charge is -2.11. The molecule has 0 unspecified atom stereocenters. The maximum atomic E-state index is 11.9. The van der Waals surface area contributed by atoms with Crippen LogP contribution in [0.3, 0.4) is 0 Å². The molecule has 18 heavy (non-hydrogen) atoms. The first-order valence-corrected chi connectivity index (χ1v) is 6.90. The van der Waals surface area contributed by atoms with Gasteiger partial charge in [0.05, 0.1) is 16.8 Å². The van der Waals surface area contributed by atoms with Gasteiger partial charge in [-0.1, -0.05) is 12.1 Å². The summed E-state index contributed by atoms with van der Waals surface area (Å²) in [7, 11) is -0.332. The molecule has 0 saturated carbocycles. The Morgan fingerprint density at radius 3 is 2.22 bits per heavy atom. The predicted molar refractivity (Wildman–Crippen MR) is 69.6 cm³/mol. The fourth-order valence-electron chi connectivity index (χ4n) is 1.58.